The van der Waals surface area contributed by atoms with E-state index in [1.54, 1.807) is 21.3 Å². The molecule has 0 heterocycles. The molecule has 7 heteroatoms. The molecule has 1 aliphatic carbocycles. The normalized spacial score (nSPS) is 19.7. The molecule has 1 saturated carbocycles. The molecule has 0 aliphatic heterocycles. The number of hydrogen-bond acceptors (Lipinski definition) is 4. The Hall–Kier alpha value is -1.38. The summed E-state index contributed by atoms with van der Waals surface area (Å²) in [6.45, 7) is 3.07. The van der Waals surface area contributed by atoms with Gasteiger partial charge in [0.2, 0.25) is 0 Å². The molecular weight excluding hydrogens is 457 g/mol. The third-order valence-corrected chi connectivity index (χ3v) is 5.06. The zero-order valence-corrected chi connectivity index (χ0v) is 19.5. The van der Waals surface area contributed by atoms with Gasteiger partial charge in [-0.1, -0.05) is 6.92 Å². The third kappa shape index (κ3) is 6.93. The first kappa shape index (κ1) is 23.7. The molecule has 2 rings (SSSR count). The Labute approximate surface area is 180 Å². The van der Waals surface area contributed by atoms with Crippen LogP contribution in [0.5, 0.6) is 17.2 Å². The summed E-state index contributed by atoms with van der Waals surface area (Å²) < 4.78 is 16.3. The van der Waals surface area contributed by atoms with Crippen LogP contribution < -0.4 is 24.8 Å². The van der Waals surface area contributed by atoms with Crippen LogP contribution in [0.3, 0.4) is 0 Å². The van der Waals surface area contributed by atoms with Crippen molar-refractivity contribution >= 4 is 29.9 Å². The molecule has 27 heavy (non-hydrogen) atoms. The van der Waals surface area contributed by atoms with Crippen molar-refractivity contribution in [1.82, 2.24) is 10.6 Å². The first-order valence-corrected chi connectivity index (χ1v) is 9.37. The van der Waals surface area contributed by atoms with Gasteiger partial charge in [-0.2, -0.15) is 0 Å². The molecule has 0 bridgehead atoms. The van der Waals surface area contributed by atoms with Crippen LogP contribution in [0.4, 0.5) is 0 Å². The van der Waals surface area contributed by atoms with Gasteiger partial charge < -0.3 is 24.8 Å². The zero-order valence-electron chi connectivity index (χ0n) is 17.1. The van der Waals surface area contributed by atoms with Crippen LogP contribution in [0, 0.1) is 5.92 Å². The minimum Gasteiger partial charge on any atom is -0.496 e. The molecule has 0 saturated heterocycles. The number of methoxy groups -OCH3 is 3. The molecule has 0 atom stereocenters. The van der Waals surface area contributed by atoms with E-state index in [2.05, 4.69) is 22.5 Å². The first-order valence-electron chi connectivity index (χ1n) is 9.37. The van der Waals surface area contributed by atoms with Crippen LogP contribution in [0.2, 0.25) is 0 Å². The van der Waals surface area contributed by atoms with Gasteiger partial charge in [-0.15, -0.1) is 24.0 Å². The number of aliphatic imine (C=N–C) groups is 1. The number of rotatable bonds is 7. The fraction of sp³-hybridized carbons (Fsp3) is 0.650. The summed E-state index contributed by atoms with van der Waals surface area (Å²) in [4.78, 5) is 4.36. The maximum absolute atomic E-state index is 5.51. The summed E-state index contributed by atoms with van der Waals surface area (Å²) >= 11 is 0. The van der Waals surface area contributed by atoms with Gasteiger partial charge in [0.15, 0.2) is 5.96 Å². The third-order valence-electron chi connectivity index (χ3n) is 5.06. The second-order valence-electron chi connectivity index (χ2n) is 6.86. The van der Waals surface area contributed by atoms with Gasteiger partial charge in [0, 0.05) is 37.3 Å². The molecule has 1 aromatic rings. The number of halogens is 1. The Morgan fingerprint density at radius 1 is 1.04 bits per heavy atom. The second-order valence-corrected chi connectivity index (χ2v) is 6.86. The summed E-state index contributed by atoms with van der Waals surface area (Å²) in [5, 5.41) is 6.95. The molecule has 0 aromatic heterocycles. The SMILES string of the molecule is CN=C(NCCc1c(OC)cc(OC)cc1OC)NC1CCC(C)CC1.I. The molecule has 0 spiro atoms. The lowest BCUT2D eigenvalue weighted by Gasteiger charge is -2.28. The van der Waals surface area contributed by atoms with E-state index in [9.17, 15) is 0 Å². The molecule has 0 amide bonds. The van der Waals surface area contributed by atoms with Gasteiger partial charge in [-0.05, 0) is 38.0 Å². The van der Waals surface area contributed by atoms with E-state index < -0.39 is 0 Å². The molecule has 0 unspecified atom stereocenters. The maximum atomic E-state index is 5.51. The Morgan fingerprint density at radius 3 is 2.11 bits per heavy atom. The van der Waals surface area contributed by atoms with E-state index in [4.69, 9.17) is 14.2 Å². The largest absolute Gasteiger partial charge is 0.496 e. The molecule has 2 N–H and O–H groups in total. The summed E-state index contributed by atoms with van der Waals surface area (Å²) in [5.74, 6) is 3.97. The number of nitrogens with one attached hydrogen (secondary N) is 2. The van der Waals surface area contributed by atoms with Gasteiger partial charge in [-0.25, -0.2) is 0 Å². The average Bonchev–Trinajstić information content (AvgIpc) is 2.68. The van der Waals surface area contributed by atoms with Crippen LogP contribution in [-0.4, -0.2) is 46.9 Å². The van der Waals surface area contributed by atoms with E-state index in [0.29, 0.717) is 6.04 Å². The van der Waals surface area contributed by atoms with Crippen molar-refractivity contribution in [2.45, 2.75) is 45.1 Å². The van der Waals surface area contributed by atoms with E-state index in [1.165, 1.54) is 25.7 Å². The Bertz CT molecular complexity index is 577. The summed E-state index contributed by atoms with van der Waals surface area (Å²) in [6, 6.07) is 4.28. The lowest BCUT2D eigenvalue weighted by molar-refractivity contribution is 0.329. The average molecular weight is 491 g/mol. The smallest absolute Gasteiger partial charge is 0.191 e. The number of hydrogen-bond donors (Lipinski definition) is 2. The molecule has 6 nitrogen and oxygen atoms in total. The molecule has 1 fully saturated rings. The Morgan fingerprint density at radius 2 is 1.63 bits per heavy atom. The van der Waals surface area contributed by atoms with Crippen molar-refractivity contribution in [3.05, 3.63) is 17.7 Å². The molecule has 1 aromatic carbocycles. The predicted octanol–water partition coefficient (Wildman–Crippen LogP) is 3.62. The standard InChI is InChI=1S/C20H33N3O3.HI/c1-14-6-8-15(9-7-14)23-20(21-2)22-11-10-17-18(25-4)12-16(24-3)13-19(17)26-5;/h12-15H,6-11H2,1-5H3,(H2,21,22,23);1H. The number of benzene rings is 1. The van der Waals surface area contributed by atoms with Gasteiger partial charge >= 0.3 is 0 Å². The zero-order chi connectivity index (χ0) is 18.9. The Balaban J connectivity index is 0.00000364. The van der Waals surface area contributed by atoms with Crippen molar-refractivity contribution in [3.8, 4) is 17.2 Å². The van der Waals surface area contributed by atoms with E-state index in [-0.39, 0.29) is 24.0 Å². The van der Waals surface area contributed by atoms with E-state index in [1.807, 2.05) is 19.2 Å². The van der Waals surface area contributed by atoms with E-state index >= 15 is 0 Å². The fourth-order valence-corrected chi connectivity index (χ4v) is 3.42. The van der Waals surface area contributed by atoms with Crippen LogP contribution in [-0.2, 0) is 6.42 Å². The van der Waals surface area contributed by atoms with Gasteiger partial charge in [0.05, 0.1) is 21.3 Å². The van der Waals surface area contributed by atoms with Crippen LogP contribution >= 0.6 is 24.0 Å². The molecule has 1 aliphatic rings. The summed E-state index contributed by atoms with van der Waals surface area (Å²) in [7, 11) is 6.78. The van der Waals surface area contributed by atoms with Gasteiger partial charge in [0.1, 0.15) is 17.2 Å². The maximum Gasteiger partial charge on any atom is 0.191 e. The van der Waals surface area contributed by atoms with Crippen molar-refractivity contribution < 1.29 is 14.2 Å². The molecule has 0 radical (unpaired) electrons. The van der Waals surface area contributed by atoms with Crippen LogP contribution in [0.15, 0.2) is 17.1 Å². The van der Waals surface area contributed by atoms with Crippen LogP contribution in [0.1, 0.15) is 38.2 Å². The number of ether oxygens (including phenoxy) is 3. The molecular formula is C20H34IN3O3. The second kappa shape index (κ2) is 12.2. The Kier molecular flexibility index (Phi) is 10.6. The van der Waals surface area contributed by atoms with E-state index in [0.717, 1.165) is 47.7 Å². The molecule has 154 valence electrons. The van der Waals surface area contributed by atoms with Gasteiger partial charge in [-0.3, -0.25) is 4.99 Å². The highest BCUT2D eigenvalue weighted by atomic mass is 127. The number of guanidine groups is 1. The minimum atomic E-state index is 0. The lowest BCUT2D eigenvalue weighted by atomic mass is 9.87. The highest BCUT2D eigenvalue weighted by Crippen LogP contribution is 2.34. The highest BCUT2D eigenvalue weighted by molar-refractivity contribution is 14.0. The van der Waals surface area contributed by atoms with Crippen molar-refractivity contribution in [3.63, 3.8) is 0 Å². The first-order chi connectivity index (χ1) is 12.6. The highest BCUT2D eigenvalue weighted by Gasteiger charge is 2.19. The summed E-state index contributed by atoms with van der Waals surface area (Å²) in [6.07, 6.45) is 5.76. The quantitative estimate of drug-likeness (QED) is 0.347. The number of nitrogens with zero attached hydrogens (tertiary/aromatic N) is 1. The fourth-order valence-electron chi connectivity index (χ4n) is 3.42. The van der Waals surface area contributed by atoms with Gasteiger partial charge in [0.25, 0.3) is 0 Å². The predicted molar refractivity (Wildman–Crippen MR) is 121 cm³/mol. The minimum absolute atomic E-state index is 0. The monoisotopic (exact) mass is 491 g/mol. The summed E-state index contributed by atoms with van der Waals surface area (Å²) in [5.41, 5.74) is 1.02. The van der Waals surface area contributed by atoms with Crippen molar-refractivity contribution in [2.75, 3.05) is 34.9 Å². The van der Waals surface area contributed by atoms with Crippen molar-refractivity contribution in [2.24, 2.45) is 10.9 Å². The van der Waals surface area contributed by atoms with Crippen LogP contribution in [0.25, 0.3) is 0 Å². The van der Waals surface area contributed by atoms with Crippen molar-refractivity contribution in [1.29, 1.82) is 0 Å². The topological polar surface area (TPSA) is 64.1 Å². The lowest BCUT2D eigenvalue weighted by Crippen LogP contribution is -2.45.